The Bertz CT molecular complexity index is 1170. The highest BCUT2D eigenvalue weighted by Gasteiger charge is 2.25. The molecule has 3 aromatic carbocycles. The van der Waals surface area contributed by atoms with E-state index in [1.165, 1.54) is 5.56 Å². The highest BCUT2D eigenvalue weighted by molar-refractivity contribution is 6.31. The molecule has 0 spiro atoms. The van der Waals surface area contributed by atoms with Gasteiger partial charge in [0, 0.05) is 36.5 Å². The van der Waals surface area contributed by atoms with Crippen LogP contribution in [0.3, 0.4) is 0 Å². The van der Waals surface area contributed by atoms with Gasteiger partial charge in [0.05, 0.1) is 12.2 Å². The normalized spacial score (nSPS) is 18.7. The molecule has 2 aliphatic heterocycles. The maximum Gasteiger partial charge on any atom is 0.170 e. The van der Waals surface area contributed by atoms with E-state index in [0.717, 1.165) is 41.9 Å². The number of halogens is 1. The molecule has 1 atom stereocenters. The minimum absolute atomic E-state index is 0.0991. The van der Waals surface area contributed by atoms with Crippen LogP contribution in [0.15, 0.2) is 54.6 Å². The quantitative estimate of drug-likeness (QED) is 0.497. The fourth-order valence-electron chi connectivity index (χ4n) is 4.68. The average molecular weight is 434 g/mol. The van der Waals surface area contributed by atoms with Crippen LogP contribution in [0, 0.1) is 0 Å². The first-order valence-electron chi connectivity index (χ1n) is 10.8. The van der Waals surface area contributed by atoms with Gasteiger partial charge in [0.2, 0.25) is 0 Å². The fraction of sp³-hybridized carbons (Fsp3) is 0.308. The summed E-state index contributed by atoms with van der Waals surface area (Å²) in [5, 5.41) is 2.71. The highest BCUT2D eigenvalue weighted by Crippen LogP contribution is 2.33. The summed E-state index contributed by atoms with van der Waals surface area (Å²) >= 11 is 6.36. The third kappa shape index (κ3) is 4.10. The smallest absolute Gasteiger partial charge is 0.170 e. The number of carbonyl (C=O) groups is 2. The molecule has 2 aliphatic rings. The van der Waals surface area contributed by atoms with Crippen molar-refractivity contribution in [1.29, 1.82) is 0 Å². The van der Waals surface area contributed by atoms with Gasteiger partial charge in [-0.25, -0.2) is 0 Å². The van der Waals surface area contributed by atoms with Crippen molar-refractivity contribution in [1.82, 2.24) is 4.90 Å². The zero-order valence-corrected chi connectivity index (χ0v) is 18.0. The van der Waals surface area contributed by atoms with Crippen LogP contribution >= 0.6 is 11.6 Å². The average Bonchev–Trinajstić information content (AvgIpc) is 3.25. The number of ketones is 2. The largest absolute Gasteiger partial charge is 0.492 e. The summed E-state index contributed by atoms with van der Waals surface area (Å²) < 4.78 is 5.62. The van der Waals surface area contributed by atoms with E-state index in [4.69, 9.17) is 16.3 Å². The number of Topliss-reactive ketones (excluding diaryl/α,β-unsaturated/α-hetero) is 2. The van der Waals surface area contributed by atoms with Gasteiger partial charge >= 0.3 is 0 Å². The monoisotopic (exact) mass is 433 g/mol. The summed E-state index contributed by atoms with van der Waals surface area (Å²) in [7, 11) is 0. The van der Waals surface area contributed by atoms with E-state index in [2.05, 4.69) is 11.0 Å². The summed E-state index contributed by atoms with van der Waals surface area (Å²) in [5.41, 5.74) is 2.51. The third-order valence-electron chi connectivity index (χ3n) is 6.42. The zero-order valence-electron chi connectivity index (χ0n) is 17.3. The lowest BCUT2D eigenvalue weighted by Crippen LogP contribution is -2.23. The van der Waals surface area contributed by atoms with E-state index in [-0.39, 0.29) is 11.6 Å². The van der Waals surface area contributed by atoms with Crippen LogP contribution in [0.4, 0.5) is 0 Å². The summed E-state index contributed by atoms with van der Waals surface area (Å²) in [6, 6.07) is 17.5. The molecule has 158 valence electrons. The molecule has 0 saturated carbocycles. The number of carbonyl (C=O) groups excluding carboxylic acids is 2. The van der Waals surface area contributed by atoms with Crippen LogP contribution in [0.1, 0.15) is 51.5 Å². The molecule has 0 aliphatic carbocycles. The standard InChI is InChI=1S/C26H24ClNO3/c27-23-4-2-1-3-21(23)19-7-10-28(16-19)11-8-24(29)18-6-5-17-15-26-22(14-20(17)13-18)25(30)9-12-31-26/h1-6,13-15,19H,7-12,16H2. The van der Waals surface area contributed by atoms with Gasteiger partial charge in [-0.05, 0) is 59.5 Å². The molecule has 3 aromatic rings. The minimum Gasteiger partial charge on any atom is -0.492 e. The summed E-state index contributed by atoms with van der Waals surface area (Å²) in [5.74, 6) is 1.30. The predicted molar refractivity (Wildman–Crippen MR) is 123 cm³/mol. The van der Waals surface area contributed by atoms with Gasteiger partial charge in [0.25, 0.3) is 0 Å². The predicted octanol–water partition coefficient (Wildman–Crippen LogP) is 5.52. The number of hydrogen-bond acceptors (Lipinski definition) is 4. The Balaban J connectivity index is 1.25. The second-order valence-electron chi connectivity index (χ2n) is 8.41. The Morgan fingerprint density at radius 2 is 1.97 bits per heavy atom. The van der Waals surface area contributed by atoms with Gasteiger partial charge in [-0.2, -0.15) is 0 Å². The molecule has 2 heterocycles. The Labute approximate surface area is 186 Å². The maximum atomic E-state index is 12.9. The third-order valence-corrected chi connectivity index (χ3v) is 6.76. The molecule has 0 bridgehead atoms. The summed E-state index contributed by atoms with van der Waals surface area (Å²) in [6.07, 6.45) is 1.95. The SMILES string of the molecule is O=C(CCN1CCC(c2ccccc2Cl)C1)c1ccc2cc3c(cc2c1)C(=O)CCO3. The molecule has 5 heteroatoms. The lowest BCUT2D eigenvalue weighted by molar-refractivity contribution is 0.0932. The molecular formula is C26H24ClNO3. The van der Waals surface area contributed by atoms with Gasteiger partial charge in [0.15, 0.2) is 11.6 Å². The molecular weight excluding hydrogens is 410 g/mol. The lowest BCUT2D eigenvalue weighted by Gasteiger charge is -2.17. The highest BCUT2D eigenvalue weighted by atomic mass is 35.5. The number of hydrogen-bond donors (Lipinski definition) is 0. The molecule has 31 heavy (non-hydrogen) atoms. The van der Waals surface area contributed by atoms with Crippen molar-refractivity contribution < 1.29 is 14.3 Å². The number of nitrogens with zero attached hydrogens (tertiary/aromatic N) is 1. The molecule has 1 unspecified atom stereocenters. The van der Waals surface area contributed by atoms with Crippen molar-refractivity contribution in [3.63, 3.8) is 0 Å². The summed E-state index contributed by atoms with van der Waals surface area (Å²) in [4.78, 5) is 27.4. The van der Waals surface area contributed by atoms with Crippen LogP contribution in [0.2, 0.25) is 5.02 Å². The number of ether oxygens (including phenoxy) is 1. The van der Waals surface area contributed by atoms with Crippen molar-refractivity contribution in [3.8, 4) is 5.75 Å². The van der Waals surface area contributed by atoms with Crippen LogP contribution in [0.5, 0.6) is 5.75 Å². The van der Waals surface area contributed by atoms with Crippen LogP contribution in [-0.4, -0.2) is 42.7 Å². The molecule has 0 radical (unpaired) electrons. The van der Waals surface area contributed by atoms with Gasteiger partial charge in [-0.3, -0.25) is 9.59 Å². The van der Waals surface area contributed by atoms with Crippen molar-refractivity contribution in [2.45, 2.75) is 25.2 Å². The van der Waals surface area contributed by atoms with E-state index in [0.29, 0.717) is 42.2 Å². The second-order valence-corrected chi connectivity index (χ2v) is 8.82. The fourth-order valence-corrected chi connectivity index (χ4v) is 4.97. The number of fused-ring (bicyclic) bond motifs is 2. The summed E-state index contributed by atoms with van der Waals surface area (Å²) in [6.45, 7) is 3.09. The number of benzene rings is 3. The van der Waals surface area contributed by atoms with Crippen LogP contribution in [-0.2, 0) is 0 Å². The van der Waals surface area contributed by atoms with Gasteiger partial charge in [-0.1, -0.05) is 41.9 Å². The number of likely N-dealkylation sites (tertiary alicyclic amines) is 1. The Morgan fingerprint density at radius 3 is 2.84 bits per heavy atom. The van der Waals surface area contributed by atoms with E-state index < -0.39 is 0 Å². The lowest BCUT2D eigenvalue weighted by atomic mass is 9.97. The van der Waals surface area contributed by atoms with Crippen molar-refractivity contribution in [2.24, 2.45) is 0 Å². The first kappa shape index (κ1) is 20.2. The molecule has 0 N–H and O–H groups in total. The molecule has 4 nitrogen and oxygen atoms in total. The minimum atomic E-state index is 0.0991. The Morgan fingerprint density at radius 1 is 1.10 bits per heavy atom. The second kappa shape index (κ2) is 8.45. The van der Waals surface area contributed by atoms with Crippen molar-refractivity contribution >= 4 is 33.9 Å². The van der Waals surface area contributed by atoms with E-state index in [1.807, 2.05) is 48.5 Å². The molecule has 1 saturated heterocycles. The maximum absolute atomic E-state index is 12.9. The molecule has 1 fully saturated rings. The van der Waals surface area contributed by atoms with E-state index in [1.54, 1.807) is 0 Å². The first-order chi connectivity index (χ1) is 15.1. The van der Waals surface area contributed by atoms with Gasteiger partial charge in [-0.15, -0.1) is 0 Å². The Hall–Kier alpha value is -2.69. The van der Waals surface area contributed by atoms with Crippen molar-refractivity contribution in [2.75, 3.05) is 26.2 Å². The number of rotatable bonds is 5. The molecule has 0 aromatic heterocycles. The molecule has 5 rings (SSSR count). The van der Waals surface area contributed by atoms with Crippen molar-refractivity contribution in [3.05, 3.63) is 76.3 Å². The van der Waals surface area contributed by atoms with Gasteiger partial charge < -0.3 is 9.64 Å². The van der Waals surface area contributed by atoms with Crippen LogP contribution < -0.4 is 4.74 Å². The van der Waals surface area contributed by atoms with Gasteiger partial charge in [0.1, 0.15) is 5.75 Å². The van der Waals surface area contributed by atoms with Crippen LogP contribution in [0.25, 0.3) is 10.8 Å². The molecule has 0 amide bonds. The van der Waals surface area contributed by atoms with E-state index >= 15 is 0 Å². The zero-order chi connectivity index (χ0) is 21.4. The first-order valence-corrected chi connectivity index (χ1v) is 11.2. The van der Waals surface area contributed by atoms with E-state index in [9.17, 15) is 9.59 Å². The Kier molecular flexibility index (Phi) is 5.51. The topological polar surface area (TPSA) is 46.6 Å².